The number of carbonyl (C=O) groups is 3. The Morgan fingerprint density at radius 1 is 1.14 bits per heavy atom. The number of rotatable bonds is 6. The molecule has 0 radical (unpaired) electrons. The van der Waals surface area contributed by atoms with Crippen molar-refractivity contribution in [3.05, 3.63) is 46.4 Å². The van der Waals surface area contributed by atoms with Crippen LogP contribution < -0.4 is 10.6 Å². The smallest absolute Gasteiger partial charge is 0.475 e. The Bertz CT molecular complexity index is 1390. The maximum absolute atomic E-state index is 12.9. The number of hydrogen-bond acceptors (Lipinski definition) is 4. The number of fused-ring (bicyclic) bond motifs is 3. The third kappa shape index (κ3) is 7.01. The van der Waals surface area contributed by atoms with Crippen molar-refractivity contribution >= 4 is 55.5 Å². The summed E-state index contributed by atoms with van der Waals surface area (Å²) in [5, 5.41) is 24.2. The third-order valence-corrected chi connectivity index (χ3v) is 6.21. The highest BCUT2D eigenvalue weighted by Crippen LogP contribution is 2.34. The Hall–Kier alpha value is -3.59. The van der Waals surface area contributed by atoms with Gasteiger partial charge in [-0.3, -0.25) is 9.59 Å². The zero-order valence-electron chi connectivity index (χ0n) is 19.9. The van der Waals surface area contributed by atoms with E-state index in [-0.39, 0.29) is 17.7 Å². The Labute approximate surface area is 218 Å². The molecule has 37 heavy (non-hydrogen) atoms. The molecule has 4 rings (SSSR count). The van der Waals surface area contributed by atoms with Crippen LogP contribution in [-0.2, 0) is 9.59 Å². The minimum atomic E-state index is -5.08. The van der Waals surface area contributed by atoms with Crippen molar-refractivity contribution in [3.63, 3.8) is 0 Å². The minimum absolute atomic E-state index is 0.216. The molecule has 1 fully saturated rings. The summed E-state index contributed by atoms with van der Waals surface area (Å²) in [6.45, 7) is 4.00. The Morgan fingerprint density at radius 2 is 1.70 bits per heavy atom. The molecular weight excluding hydrogens is 557 g/mol. The van der Waals surface area contributed by atoms with E-state index in [2.05, 4.69) is 37.6 Å². The highest BCUT2D eigenvalue weighted by atomic mass is 79.9. The number of hydrogen-bond donors (Lipinski definition) is 4. The van der Waals surface area contributed by atoms with Crippen LogP contribution in [-0.4, -0.2) is 45.6 Å². The first-order chi connectivity index (χ1) is 17.2. The molecule has 8 nitrogen and oxygen atoms in total. The minimum Gasteiger partial charge on any atom is -0.475 e. The average Bonchev–Trinajstić information content (AvgIpc) is 3.49. The van der Waals surface area contributed by atoms with E-state index in [1.807, 2.05) is 38.1 Å². The normalized spacial score (nSPS) is 14.9. The summed E-state index contributed by atoms with van der Waals surface area (Å²) in [6, 6.07) is 13.0. The molecule has 1 aliphatic rings. The lowest BCUT2D eigenvalue weighted by atomic mass is 10.0. The van der Waals surface area contributed by atoms with E-state index in [1.165, 1.54) is 0 Å². The summed E-state index contributed by atoms with van der Waals surface area (Å²) in [5.41, 5.74) is 1.58. The van der Waals surface area contributed by atoms with Crippen LogP contribution in [0.15, 0.2) is 40.9 Å². The van der Waals surface area contributed by atoms with E-state index in [9.17, 15) is 28.0 Å². The van der Waals surface area contributed by atoms with Crippen LogP contribution >= 0.6 is 15.9 Å². The van der Waals surface area contributed by atoms with Gasteiger partial charge in [-0.15, -0.1) is 0 Å². The van der Waals surface area contributed by atoms with E-state index in [1.54, 1.807) is 12.1 Å². The lowest BCUT2D eigenvalue weighted by molar-refractivity contribution is -0.192. The van der Waals surface area contributed by atoms with Crippen LogP contribution in [0.5, 0.6) is 0 Å². The van der Waals surface area contributed by atoms with Gasteiger partial charge in [-0.25, -0.2) is 4.79 Å². The van der Waals surface area contributed by atoms with Gasteiger partial charge < -0.3 is 20.7 Å². The van der Waals surface area contributed by atoms with E-state index in [4.69, 9.17) is 9.90 Å². The van der Waals surface area contributed by atoms with Gasteiger partial charge in [-0.1, -0.05) is 41.9 Å². The number of nitrogens with one attached hydrogen (secondary N) is 3. The SMILES string of the molecule is CC(C)C[C@H](NC(=O)c1ccc2c(c1)[nH]c1cc(Br)ccc12)C(=O)NC1(C#N)CC1.O=C(O)C(F)(F)F. The van der Waals surface area contributed by atoms with E-state index < -0.39 is 23.7 Å². The van der Waals surface area contributed by atoms with E-state index >= 15 is 0 Å². The monoisotopic (exact) mass is 580 g/mol. The Morgan fingerprint density at radius 3 is 2.22 bits per heavy atom. The lowest BCUT2D eigenvalue weighted by Crippen LogP contribution is -2.50. The van der Waals surface area contributed by atoms with Gasteiger partial charge in [0, 0.05) is 31.8 Å². The zero-order chi connectivity index (χ0) is 27.5. The van der Waals surface area contributed by atoms with Gasteiger partial charge in [-0.05, 0) is 49.4 Å². The number of nitriles is 1. The largest absolute Gasteiger partial charge is 0.490 e. The molecule has 1 heterocycles. The second kappa shape index (κ2) is 10.8. The maximum Gasteiger partial charge on any atom is 0.490 e. The number of carboxylic acids is 1. The van der Waals surface area contributed by atoms with Gasteiger partial charge in [0.25, 0.3) is 5.91 Å². The van der Waals surface area contributed by atoms with Crippen LogP contribution in [0.2, 0.25) is 0 Å². The summed E-state index contributed by atoms with van der Waals surface area (Å²) in [7, 11) is 0. The fourth-order valence-corrected chi connectivity index (χ4v) is 4.04. The molecule has 0 saturated heterocycles. The van der Waals surface area contributed by atoms with Gasteiger partial charge in [-0.2, -0.15) is 18.4 Å². The summed E-state index contributed by atoms with van der Waals surface area (Å²) >= 11 is 3.48. The first-order valence-corrected chi connectivity index (χ1v) is 12.1. The van der Waals surface area contributed by atoms with Crippen molar-refractivity contribution in [3.8, 4) is 6.07 Å². The second-order valence-electron chi connectivity index (χ2n) is 9.22. The van der Waals surface area contributed by atoms with Crippen LogP contribution in [0.4, 0.5) is 13.2 Å². The molecule has 2 aromatic carbocycles. The van der Waals surface area contributed by atoms with Crippen molar-refractivity contribution in [1.82, 2.24) is 15.6 Å². The molecule has 1 aromatic heterocycles. The number of alkyl halides is 3. The summed E-state index contributed by atoms with van der Waals surface area (Å²) in [6.07, 6.45) is -3.27. The average molecular weight is 581 g/mol. The number of halogens is 4. The first kappa shape index (κ1) is 28.0. The Balaban J connectivity index is 0.000000479. The number of carboxylic acid groups (broad SMARTS) is 1. The number of benzene rings is 2. The maximum atomic E-state index is 12.9. The highest BCUT2D eigenvalue weighted by Gasteiger charge is 2.45. The number of aliphatic carboxylic acids is 1. The van der Waals surface area contributed by atoms with E-state index in [0.29, 0.717) is 24.8 Å². The number of nitrogens with zero attached hydrogens (tertiary/aromatic N) is 1. The molecule has 1 saturated carbocycles. The molecule has 0 unspecified atom stereocenters. The summed E-state index contributed by atoms with van der Waals surface area (Å²) < 4.78 is 32.7. The molecule has 3 aromatic rings. The van der Waals surface area contributed by atoms with Crippen molar-refractivity contribution in [1.29, 1.82) is 5.26 Å². The number of H-pyrrole nitrogens is 1. The van der Waals surface area contributed by atoms with Gasteiger partial charge in [0.15, 0.2) is 0 Å². The molecule has 2 amide bonds. The fourth-order valence-electron chi connectivity index (χ4n) is 3.68. The molecule has 4 N–H and O–H groups in total. The van der Waals surface area contributed by atoms with Crippen molar-refractivity contribution in [2.75, 3.05) is 0 Å². The molecule has 12 heteroatoms. The Kier molecular flexibility index (Phi) is 8.17. The molecular formula is C25H24BrF3N4O4. The van der Waals surface area contributed by atoms with Gasteiger partial charge in [0.2, 0.25) is 5.91 Å². The molecule has 0 bridgehead atoms. The van der Waals surface area contributed by atoms with Crippen LogP contribution in [0.3, 0.4) is 0 Å². The summed E-state index contributed by atoms with van der Waals surface area (Å²) in [4.78, 5) is 37.9. The highest BCUT2D eigenvalue weighted by molar-refractivity contribution is 9.10. The third-order valence-electron chi connectivity index (χ3n) is 5.72. The molecule has 1 atom stereocenters. The lowest BCUT2D eigenvalue weighted by Gasteiger charge is -2.21. The predicted molar refractivity (Wildman–Crippen MR) is 134 cm³/mol. The first-order valence-electron chi connectivity index (χ1n) is 11.3. The second-order valence-corrected chi connectivity index (χ2v) is 10.1. The molecule has 0 aliphatic heterocycles. The van der Waals surface area contributed by atoms with Crippen molar-refractivity contribution < 1.29 is 32.7 Å². The molecule has 1 aliphatic carbocycles. The van der Waals surface area contributed by atoms with Crippen molar-refractivity contribution in [2.45, 2.75) is 50.9 Å². The number of amides is 2. The topological polar surface area (TPSA) is 135 Å². The van der Waals surface area contributed by atoms with Gasteiger partial charge in [0.05, 0.1) is 6.07 Å². The van der Waals surface area contributed by atoms with Gasteiger partial charge in [0.1, 0.15) is 11.6 Å². The number of aromatic amines is 1. The van der Waals surface area contributed by atoms with Gasteiger partial charge >= 0.3 is 12.1 Å². The number of aromatic nitrogens is 1. The predicted octanol–water partition coefficient (Wildman–Crippen LogP) is 5.03. The van der Waals surface area contributed by atoms with Crippen LogP contribution in [0, 0.1) is 17.2 Å². The van der Waals surface area contributed by atoms with Crippen LogP contribution in [0.25, 0.3) is 21.8 Å². The quantitative estimate of drug-likeness (QED) is 0.324. The fraction of sp³-hybridized carbons (Fsp3) is 0.360. The molecule has 0 spiro atoms. The zero-order valence-corrected chi connectivity index (χ0v) is 21.5. The van der Waals surface area contributed by atoms with Crippen molar-refractivity contribution in [2.24, 2.45) is 5.92 Å². The number of carbonyl (C=O) groups excluding carboxylic acids is 2. The molecule has 196 valence electrons. The summed E-state index contributed by atoms with van der Waals surface area (Å²) in [5.74, 6) is -3.15. The van der Waals surface area contributed by atoms with E-state index in [0.717, 1.165) is 26.3 Å². The van der Waals surface area contributed by atoms with Crippen LogP contribution in [0.1, 0.15) is 43.5 Å². The standard InChI is InChI=1S/C23H23BrN4O2.C2HF3O2/c1-13(2)9-20(22(30)28-23(12-25)7-8-23)27-21(29)14-3-5-16-17-6-4-15(24)11-19(17)26-18(16)10-14;3-2(4,5)1(6)7/h3-6,10-11,13,20,26H,7-9H2,1-2H3,(H,27,29)(H,28,30);(H,6,7)/t20-;/m0./s1.